The lowest BCUT2D eigenvalue weighted by atomic mass is 10.1. The Hall–Kier alpha value is -3.06. The Labute approximate surface area is 158 Å². The fourth-order valence-electron chi connectivity index (χ4n) is 2.83. The maximum absolute atomic E-state index is 13.2. The molecule has 0 radical (unpaired) electrons. The molecule has 4 rings (SSSR count). The molecule has 5 nitrogen and oxygen atoms in total. The number of nitrogens with zero attached hydrogens (tertiary/aromatic N) is 3. The number of nitrogens with one attached hydrogen (secondary N) is 2. The highest BCUT2D eigenvalue weighted by molar-refractivity contribution is 6.31. The Bertz CT molecular complexity index is 1070. The summed E-state index contributed by atoms with van der Waals surface area (Å²) in [6.45, 7) is 0.223. The number of benzene rings is 1. The first-order chi connectivity index (χ1) is 13.1. The second-order valence-corrected chi connectivity index (χ2v) is 6.52. The summed E-state index contributed by atoms with van der Waals surface area (Å²) in [7, 11) is 0. The first kappa shape index (κ1) is 17.4. The van der Waals surface area contributed by atoms with E-state index in [1.807, 2.05) is 12.3 Å². The number of aromatic amines is 1. The van der Waals surface area contributed by atoms with Crippen LogP contribution in [0.15, 0.2) is 49.1 Å². The van der Waals surface area contributed by atoms with E-state index in [0.717, 1.165) is 28.2 Å². The zero-order valence-electron chi connectivity index (χ0n) is 14.0. The highest BCUT2D eigenvalue weighted by Crippen LogP contribution is 2.22. The van der Waals surface area contributed by atoms with E-state index in [9.17, 15) is 8.78 Å². The zero-order chi connectivity index (χ0) is 18.8. The molecule has 0 atom stereocenters. The summed E-state index contributed by atoms with van der Waals surface area (Å²) in [6, 6.07) is 5.23. The third kappa shape index (κ3) is 4.03. The second-order valence-electron chi connectivity index (χ2n) is 6.09. The smallest absolute Gasteiger partial charge is 0.222 e. The Morgan fingerprint density at radius 2 is 1.67 bits per heavy atom. The lowest BCUT2D eigenvalue weighted by Gasteiger charge is -2.06. The summed E-state index contributed by atoms with van der Waals surface area (Å²) in [5.41, 5.74) is 3.21. The predicted molar refractivity (Wildman–Crippen MR) is 99.6 cm³/mol. The van der Waals surface area contributed by atoms with Gasteiger partial charge in [-0.05, 0) is 34.9 Å². The molecule has 0 unspecified atom stereocenters. The minimum Gasteiger partial charge on any atom is -0.350 e. The van der Waals surface area contributed by atoms with Gasteiger partial charge in [-0.15, -0.1) is 0 Å². The van der Waals surface area contributed by atoms with Crippen molar-refractivity contribution in [3.05, 3.63) is 82.4 Å². The molecular formula is C19H14ClF2N5. The molecule has 0 aliphatic rings. The van der Waals surface area contributed by atoms with Gasteiger partial charge in [-0.2, -0.15) is 0 Å². The monoisotopic (exact) mass is 385 g/mol. The van der Waals surface area contributed by atoms with E-state index in [1.165, 1.54) is 12.1 Å². The molecule has 0 bridgehead atoms. The van der Waals surface area contributed by atoms with E-state index in [2.05, 4.69) is 25.3 Å². The van der Waals surface area contributed by atoms with Gasteiger partial charge < -0.3 is 10.3 Å². The topological polar surface area (TPSA) is 66.5 Å². The largest absolute Gasteiger partial charge is 0.350 e. The number of hydrogen-bond acceptors (Lipinski definition) is 4. The fraction of sp³-hybridized carbons (Fsp3) is 0.105. The molecule has 0 aliphatic heterocycles. The molecule has 8 heteroatoms. The highest BCUT2D eigenvalue weighted by Gasteiger charge is 2.08. The summed E-state index contributed by atoms with van der Waals surface area (Å²) in [6.07, 6.45) is 7.52. The molecule has 0 saturated heterocycles. The minimum atomic E-state index is -0.614. The van der Waals surface area contributed by atoms with E-state index in [-0.39, 0.29) is 6.54 Å². The van der Waals surface area contributed by atoms with E-state index < -0.39 is 11.6 Å². The van der Waals surface area contributed by atoms with Gasteiger partial charge >= 0.3 is 0 Å². The number of anilines is 1. The van der Waals surface area contributed by atoms with Crippen molar-refractivity contribution < 1.29 is 8.78 Å². The molecule has 0 aliphatic carbocycles. The molecule has 0 saturated carbocycles. The number of fused-ring (bicyclic) bond motifs is 1. The van der Waals surface area contributed by atoms with Crippen molar-refractivity contribution >= 4 is 28.6 Å². The predicted octanol–water partition coefficient (Wildman–Crippen LogP) is 4.49. The first-order valence-electron chi connectivity index (χ1n) is 8.18. The Morgan fingerprint density at radius 1 is 0.926 bits per heavy atom. The molecule has 1 aromatic carbocycles. The summed E-state index contributed by atoms with van der Waals surface area (Å²) >= 11 is 6.02. The summed E-state index contributed by atoms with van der Waals surface area (Å²) in [5.74, 6) is -0.847. The lowest BCUT2D eigenvalue weighted by Crippen LogP contribution is -2.04. The van der Waals surface area contributed by atoms with E-state index in [4.69, 9.17) is 11.6 Å². The van der Waals surface area contributed by atoms with Gasteiger partial charge in [-0.25, -0.2) is 23.7 Å². The molecule has 0 fully saturated rings. The summed E-state index contributed by atoms with van der Waals surface area (Å²) < 4.78 is 26.4. The fourth-order valence-corrected chi connectivity index (χ4v) is 2.99. The van der Waals surface area contributed by atoms with Crippen LogP contribution in [-0.4, -0.2) is 19.9 Å². The molecule has 136 valence electrons. The number of aromatic nitrogens is 4. The average molecular weight is 386 g/mol. The third-order valence-electron chi connectivity index (χ3n) is 4.06. The quantitative estimate of drug-likeness (QED) is 0.531. The molecule has 0 spiro atoms. The lowest BCUT2D eigenvalue weighted by molar-refractivity contribution is 0.580. The third-order valence-corrected chi connectivity index (χ3v) is 4.26. The van der Waals surface area contributed by atoms with Crippen LogP contribution in [-0.2, 0) is 13.0 Å². The van der Waals surface area contributed by atoms with Crippen LogP contribution in [0.3, 0.4) is 0 Å². The summed E-state index contributed by atoms with van der Waals surface area (Å²) in [4.78, 5) is 15.9. The molecule has 2 N–H and O–H groups in total. The van der Waals surface area contributed by atoms with Gasteiger partial charge in [0.25, 0.3) is 0 Å². The van der Waals surface area contributed by atoms with Gasteiger partial charge in [-0.3, -0.25) is 0 Å². The van der Waals surface area contributed by atoms with Gasteiger partial charge in [0.15, 0.2) is 0 Å². The van der Waals surface area contributed by atoms with Crippen molar-refractivity contribution in [2.75, 3.05) is 5.32 Å². The van der Waals surface area contributed by atoms with Crippen LogP contribution < -0.4 is 5.32 Å². The van der Waals surface area contributed by atoms with Crippen LogP contribution in [0.2, 0.25) is 5.02 Å². The molecule has 3 aromatic heterocycles. The molecule has 4 aromatic rings. The van der Waals surface area contributed by atoms with E-state index >= 15 is 0 Å². The average Bonchev–Trinajstić information content (AvgIpc) is 3.02. The Morgan fingerprint density at radius 3 is 2.41 bits per heavy atom. The number of hydrogen-bond donors (Lipinski definition) is 2. The molecule has 27 heavy (non-hydrogen) atoms. The number of rotatable bonds is 5. The van der Waals surface area contributed by atoms with Crippen LogP contribution in [0.1, 0.15) is 16.7 Å². The molecular weight excluding hydrogens is 372 g/mol. The number of halogens is 3. The van der Waals surface area contributed by atoms with Gasteiger partial charge in [0.2, 0.25) is 5.95 Å². The normalized spacial score (nSPS) is 11.1. The molecule has 3 heterocycles. The van der Waals surface area contributed by atoms with Crippen LogP contribution >= 0.6 is 11.6 Å². The van der Waals surface area contributed by atoms with Crippen molar-refractivity contribution in [2.24, 2.45) is 0 Å². The van der Waals surface area contributed by atoms with E-state index in [0.29, 0.717) is 23.0 Å². The zero-order valence-corrected chi connectivity index (χ0v) is 14.8. The number of H-pyrrole nitrogens is 1. The van der Waals surface area contributed by atoms with Crippen molar-refractivity contribution in [3.63, 3.8) is 0 Å². The molecule has 0 amide bonds. The Kier molecular flexibility index (Phi) is 4.68. The SMILES string of the molecule is Fc1cc(F)cc(CNc2ncc(Cc3c[nH]c4ncc(Cl)cc34)cn2)c1. The maximum Gasteiger partial charge on any atom is 0.222 e. The van der Waals surface area contributed by atoms with Crippen molar-refractivity contribution in [1.29, 1.82) is 0 Å². The van der Waals surface area contributed by atoms with E-state index in [1.54, 1.807) is 18.6 Å². The van der Waals surface area contributed by atoms with Gasteiger partial charge in [-0.1, -0.05) is 11.6 Å². The van der Waals surface area contributed by atoms with Crippen molar-refractivity contribution in [2.45, 2.75) is 13.0 Å². The summed E-state index contributed by atoms with van der Waals surface area (Å²) in [5, 5.41) is 4.48. The number of pyridine rings is 1. The van der Waals surface area contributed by atoms with Crippen LogP contribution in [0.4, 0.5) is 14.7 Å². The van der Waals surface area contributed by atoms with Gasteiger partial charge in [0.05, 0.1) is 5.02 Å². The van der Waals surface area contributed by atoms with Crippen molar-refractivity contribution in [3.8, 4) is 0 Å². The highest BCUT2D eigenvalue weighted by atomic mass is 35.5. The van der Waals surface area contributed by atoms with Gasteiger partial charge in [0.1, 0.15) is 17.3 Å². The van der Waals surface area contributed by atoms with Crippen LogP contribution in [0, 0.1) is 11.6 Å². The standard InChI is InChI=1S/C19H14ClF2N5/c20-14-4-17-13(9-23-18(17)24-10-14)1-12-7-26-19(27-8-12)25-6-11-2-15(21)5-16(22)3-11/h2-5,7-10H,1,6H2,(H,23,24)(H,25,26,27). The first-order valence-corrected chi connectivity index (χ1v) is 8.56. The Balaban J connectivity index is 1.44. The van der Waals surface area contributed by atoms with Crippen LogP contribution in [0.25, 0.3) is 11.0 Å². The maximum atomic E-state index is 13.2. The van der Waals surface area contributed by atoms with Crippen molar-refractivity contribution in [1.82, 2.24) is 19.9 Å². The minimum absolute atomic E-state index is 0.223. The van der Waals surface area contributed by atoms with Crippen LogP contribution in [0.5, 0.6) is 0 Å². The second kappa shape index (κ2) is 7.28. The van der Waals surface area contributed by atoms with Gasteiger partial charge in [0, 0.05) is 49.2 Å².